The van der Waals surface area contributed by atoms with E-state index in [-0.39, 0.29) is 24.6 Å². The first-order chi connectivity index (χ1) is 14.0. The zero-order valence-electron chi connectivity index (χ0n) is 16.5. The fraction of sp³-hybridized carbons (Fsp3) is 0.364. The average molecular weight is 401 g/mol. The molecule has 0 radical (unpaired) electrons. The predicted octanol–water partition coefficient (Wildman–Crippen LogP) is 2.60. The van der Waals surface area contributed by atoms with E-state index >= 15 is 0 Å². The Morgan fingerprint density at radius 3 is 2.28 bits per heavy atom. The predicted molar refractivity (Wildman–Crippen MR) is 106 cm³/mol. The zero-order chi connectivity index (χ0) is 20.8. The van der Waals surface area contributed by atoms with E-state index in [1.807, 2.05) is 24.3 Å². The Kier molecular flexibility index (Phi) is 6.93. The number of piperazine rings is 1. The van der Waals surface area contributed by atoms with Crippen molar-refractivity contribution in [3.8, 4) is 0 Å². The second-order valence-corrected chi connectivity index (χ2v) is 7.09. The van der Waals surface area contributed by atoms with Crippen molar-refractivity contribution in [3.63, 3.8) is 0 Å². The molecule has 3 rings (SSSR count). The molecule has 0 bridgehead atoms. The third-order valence-corrected chi connectivity index (χ3v) is 5.05. The van der Waals surface area contributed by atoms with Crippen LogP contribution in [0.2, 0.25) is 0 Å². The molecule has 2 amide bonds. The summed E-state index contributed by atoms with van der Waals surface area (Å²) in [5, 5.41) is 3.18. The Morgan fingerprint density at radius 2 is 1.66 bits per heavy atom. The SMILES string of the molecule is CCc1ccc(CN(CC(=O)N2CCNCC2)C(=O)c2ccc(F)c(F)c2)cc1. The Bertz CT molecular complexity index is 865. The number of rotatable bonds is 6. The van der Waals surface area contributed by atoms with E-state index in [9.17, 15) is 18.4 Å². The van der Waals surface area contributed by atoms with Crippen LogP contribution in [0.15, 0.2) is 42.5 Å². The van der Waals surface area contributed by atoms with Crippen molar-refractivity contribution in [2.45, 2.75) is 19.9 Å². The van der Waals surface area contributed by atoms with Crippen molar-refractivity contribution in [3.05, 3.63) is 70.8 Å². The molecule has 29 heavy (non-hydrogen) atoms. The summed E-state index contributed by atoms with van der Waals surface area (Å²) >= 11 is 0. The van der Waals surface area contributed by atoms with E-state index in [2.05, 4.69) is 12.2 Å². The van der Waals surface area contributed by atoms with Crippen molar-refractivity contribution < 1.29 is 18.4 Å². The van der Waals surface area contributed by atoms with Gasteiger partial charge in [0.25, 0.3) is 5.91 Å². The van der Waals surface area contributed by atoms with Crippen LogP contribution >= 0.6 is 0 Å². The zero-order valence-corrected chi connectivity index (χ0v) is 16.5. The molecule has 0 aliphatic carbocycles. The molecule has 7 heteroatoms. The van der Waals surface area contributed by atoms with Crippen LogP contribution in [0.3, 0.4) is 0 Å². The molecule has 1 aliphatic rings. The van der Waals surface area contributed by atoms with E-state index in [4.69, 9.17) is 0 Å². The number of nitrogens with one attached hydrogen (secondary N) is 1. The topological polar surface area (TPSA) is 52.7 Å². The van der Waals surface area contributed by atoms with Crippen LogP contribution in [-0.2, 0) is 17.8 Å². The number of amides is 2. The molecule has 1 N–H and O–H groups in total. The highest BCUT2D eigenvalue weighted by Gasteiger charge is 2.24. The summed E-state index contributed by atoms with van der Waals surface area (Å²) in [4.78, 5) is 28.8. The molecule has 1 fully saturated rings. The second-order valence-electron chi connectivity index (χ2n) is 7.09. The molecular weight excluding hydrogens is 376 g/mol. The lowest BCUT2D eigenvalue weighted by atomic mass is 10.1. The molecule has 1 heterocycles. The molecule has 5 nitrogen and oxygen atoms in total. The minimum atomic E-state index is -1.09. The normalized spacial score (nSPS) is 14.0. The average Bonchev–Trinajstić information content (AvgIpc) is 2.75. The summed E-state index contributed by atoms with van der Waals surface area (Å²) < 4.78 is 26.9. The molecular formula is C22H25F2N3O2. The van der Waals surface area contributed by atoms with E-state index < -0.39 is 17.5 Å². The monoisotopic (exact) mass is 401 g/mol. The standard InChI is InChI=1S/C22H25F2N3O2/c1-2-16-3-5-17(6-4-16)14-27(15-21(28)26-11-9-25-10-12-26)22(29)18-7-8-19(23)20(24)13-18/h3-8,13,25H,2,9-12,14-15H2,1H3. The lowest BCUT2D eigenvalue weighted by molar-refractivity contribution is -0.132. The summed E-state index contributed by atoms with van der Waals surface area (Å²) in [7, 11) is 0. The van der Waals surface area contributed by atoms with Crippen LogP contribution in [0.1, 0.15) is 28.4 Å². The van der Waals surface area contributed by atoms with Gasteiger partial charge in [0.05, 0.1) is 0 Å². The first-order valence-electron chi connectivity index (χ1n) is 9.78. The quantitative estimate of drug-likeness (QED) is 0.810. The third kappa shape index (κ3) is 5.38. The number of benzene rings is 2. The highest BCUT2D eigenvalue weighted by atomic mass is 19.2. The van der Waals surface area contributed by atoms with Crippen molar-refractivity contribution >= 4 is 11.8 Å². The summed E-state index contributed by atoms with van der Waals surface area (Å²) in [5.74, 6) is -2.77. The Morgan fingerprint density at radius 1 is 1.00 bits per heavy atom. The minimum absolute atomic E-state index is 0.0159. The van der Waals surface area contributed by atoms with Crippen molar-refractivity contribution in [2.75, 3.05) is 32.7 Å². The Balaban J connectivity index is 1.81. The van der Waals surface area contributed by atoms with Crippen LogP contribution in [0.25, 0.3) is 0 Å². The van der Waals surface area contributed by atoms with Crippen LogP contribution in [0.4, 0.5) is 8.78 Å². The van der Waals surface area contributed by atoms with E-state index in [1.54, 1.807) is 4.90 Å². The molecule has 154 valence electrons. The number of halogens is 2. The fourth-order valence-electron chi connectivity index (χ4n) is 3.29. The Hall–Kier alpha value is -2.80. The number of hydrogen-bond donors (Lipinski definition) is 1. The molecule has 1 saturated heterocycles. The van der Waals surface area contributed by atoms with Gasteiger partial charge in [-0.1, -0.05) is 31.2 Å². The van der Waals surface area contributed by atoms with Gasteiger partial charge in [-0.05, 0) is 35.7 Å². The molecule has 2 aromatic carbocycles. The number of hydrogen-bond acceptors (Lipinski definition) is 3. The van der Waals surface area contributed by atoms with Gasteiger partial charge in [0.15, 0.2) is 11.6 Å². The smallest absolute Gasteiger partial charge is 0.254 e. The maximum Gasteiger partial charge on any atom is 0.254 e. The van der Waals surface area contributed by atoms with Crippen molar-refractivity contribution in [2.24, 2.45) is 0 Å². The number of carbonyl (C=O) groups is 2. The Labute approximate surface area is 169 Å². The molecule has 0 unspecified atom stereocenters. The van der Waals surface area contributed by atoms with Crippen LogP contribution < -0.4 is 5.32 Å². The molecule has 1 aliphatic heterocycles. The summed E-state index contributed by atoms with van der Waals surface area (Å²) in [6, 6.07) is 10.8. The van der Waals surface area contributed by atoms with Gasteiger partial charge in [0.1, 0.15) is 6.54 Å². The van der Waals surface area contributed by atoms with Gasteiger partial charge in [-0.15, -0.1) is 0 Å². The molecule has 0 saturated carbocycles. The first kappa shape index (κ1) is 20.9. The van der Waals surface area contributed by atoms with Gasteiger partial charge >= 0.3 is 0 Å². The fourth-order valence-corrected chi connectivity index (χ4v) is 3.29. The largest absolute Gasteiger partial charge is 0.339 e. The molecule has 0 atom stereocenters. The number of aryl methyl sites for hydroxylation is 1. The summed E-state index contributed by atoms with van der Waals surface area (Å²) in [5.41, 5.74) is 2.05. The lowest BCUT2D eigenvalue weighted by Gasteiger charge is -2.30. The van der Waals surface area contributed by atoms with Gasteiger partial charge in [0, 0.05) is 38.3 Å². The molecule has 0 spiro atoms. The summed E-state index contributed by atoms with van der Waals surface area (Å²) in [6.07, 6.45) is 0.902. The molecule has 0 aromatic heterocycles. The minimum Gasteiger partial charge on any atom is -0.339 e. The van der Waals surface area contributed by atoms with Crippen LogP contribution in [0.5, 0.6) is 0 Å². The van der Waals surface area contributed by atoms with E-state index in [1.165, 1.54) is 16.5 Å². The van der Waals surface area contributed by atoms with Crippen LogP contribution in [-0.4, -0.2) is 54.3 Å². The highest BCUT2D eigenvalue weighted by Crippen LogP contribution is 2.15. The number of carbonyl (C=O) groups excluding carboxylic acids is 2. The third-order valence-electron chi connectivity index (χ3n) is 5.05. The first-order valence-corrected chi connectivity index (χ1v) is 9.78. The van der Waals surface area contributed by atoms with E-state index in [0.29, 0.717) is 26.2 Å². The van der Waals surface area contributed by atoms with Gasteiger partial charge in [-0.3, -0.25) is 9.59 Å². The van der Waals surface area contributed by atoms with Gasteiger partial charge in [-0.25, -0.2) is 8.78 Å². The maximum absolute atomic E-state index is 13.6. The van der Waals surface area contributed by atoms with Crippen LogP contribution in [0, 0.1) is 11.6 Å². The lowest BCUT2D eigenvalue weighted by Crippen LogP contribution is -2.50. The van der Waals surface area contributed by atoms with Gasteiger partial charge in [0.2, 0.25) is 5.91 Å². The second kappa shape index (κ2) is 9.60. The van der Waals surface area contributed by atoms with Gasteiger partial charge < -0.3 is 15.1 Å². The van der Waals surface area contributed by atoms with E-state index in [0.717, 1.165) is 24.1 Å². The van der Waals surface area contributed by atoms with Crippen molar-refractivity contribution in [1.82, 2.24) is 15.1 Å². The number of nitrogens with zero attached hydrogens (tertiary/aromatic N) is 2. The van der Waals surface area contributed by atoms with Crippen molar-refractivity contribution in [1.29, 1.82) is 0 Å². The van der Waals surface area contributed by atoms with Gasteiger partial charge in [-0.2, -0.15) is 0 Å². The maximum atomic E-state index is 13.6. The molecule has 2 aromatic rings. The summed E-state index contributed by atoms with van der Waals surface area (Å²) in [6.45, 7) is 4.73. The highest BCUT2D eigenvalue weighted by molar-refractivity contribution is 5.96.